The van der Waals surface area contributed by atoms with Crippen LogP contribution in [0.5, 0.6) is 11.5 Å². The van der Waals surface area contributed by atoms with Gasteiger partial charge in [-0.1, -0.05) is 99.7 Å². The highest BCUT2D eigenvalue weighted by molar-refractivity contribution is 14.1. The van der Waals surface area contributed by atoms with Gasteiger partial charge in [0.05, 0.1) is 43.1 Å². The van der Waals surface area contributed by atoms with Gasteiger partial charge in [-0.05, 0) is 113 Å². The number of nitrogens with one attached hydrogen (secondary N) is 4. The van der Waals surface area contributed by atoms with Crippen LogP contribution in [-0.2, 0) is 25.5 Å². The molecule has 4 N–H and O–H groups in total. The molecule has 0 aromatic heterocycles. The van der Waals surface area contributed by atoms with E-state index >= 15 is 0 Å². The number of nitriles is 1. The van der Waals surface area contributed by atoms with Gasteiger partial charge in [0, 0.05) is 71.8 Å². The third kappa shape index (κ3) is 17.5. The molecule has 2 fully saturated rings. The fourth-order valence-electron chi connectivity index (χ4n) is 10.3. The number of unbranched alkanes of at least 4 members (excludes halogenated alkanes) is 2. The Labute approximate surface area is 448 Å². The van der Waals surface area contributed by atoms with E-state index in [9.17, 15) is 19.6 Å². The Balaban J connectivity index is 0.886. The minimum Gasteiger partial charge on any atom is -0.491 e. The first-order chi connectivity index (χ1) is 34.6. The Kier molecular flexibility index (Phi) is 24.2. The van der Waals surface area contributed by atoms with Crippen molar-refractivity contribution in [3.05, 3.63) is 88.4 Å². The van der Waals surface area contributed by atoms with Crippen molar-refractivity contribution in [3.63, 3.8) is 0 Å². The first-order valence-electron chi connectivity index (χ1n) is 26.0. The Hall–Kier alpha value is -4.18. The van der Waals surface area contributed by atoms with Crippen molar-refractivity contribution in [3.8, 4) is 17.6 Å². The van der Waals surface area contributed by atoms with Crippen LogP contribution in [0, 0.1) is 28.1 Å². The fraction of sp³-hybridized carbons (Fsp3) is 0.607. The minimum atomic E-state index is -0.447. The fourth-order valence-corrected chi connectivity index (χ4v) is 11.2. The summed E-state index contributed by atoms with van der Waals surface area (Å²) in [5, 5.41) is 22.2. The number of alkyl halides is 1. The monoisotopic (exact) mass is 1130 g/mol. The zero-order valence-corrected chi connectivity index (χ0v) is 46.7. The van der Waals surface area contributed by atoms with Crippen molar-refractivity contribution in [1.29, 1.82) is 5.26 Å². The number of amides is 3. The molecule has 14 nitrogen and oxygen atoms in total. The first-order valence-corrected chi connectivity index (χ1v) is 27.9. The maximum absolute atomic E-state index is 13.6. The molecule has 16 heteroatoms. The van der Waals surface area contributed by atoms with Gasteiger partial charge in [-0.2, -0.15) is 5.26 Å². The lowest BCUT2D eigenvalue weighted by Crippen LogP contribution is -2.74. The second-order valence-electron chi connectivity index (χ2n) is 20.5. The zero-order chi connectivity index (χ0) is 52.1. The topological polar surface area (TPSA) is 167 Å². The molecule has 0 aliphatic heterocycles. The molecule has 0 unspecified atom stereocenters. The molecule has 396 valence electrons. The van der Waals surface area contributed by atoms with Crippen LogP contribution in [-0.4, -0.2) is 136 Å². The molecular formula is C56H81ClIN7O7. The largest absolute Gasteiger partial charge is 0.491 e. The third-order valence-corrected chi connectivity index (χ3v) is 15.2. The van der Waals surface area contributed by atoms with Crippen molar-refractivity contribution < 1.29 is 33.3 Å². The Bertz CT molecular complexity index is 2170. The van der Waals surface area contributed by atoms with Crippen LogP contribution in [0.25, 0.3) is 0 Å². The van der Waals surface area contributed by atoms with Crippen molar-refractivity contribution in [2.24, 2.45) is 16.7 Å². The highest BCUT2D eigenvalue weighted by atomic mass is 127. The normalized spacial score (nSPS) is 18.0. The maximum atomic E-state index is 13.6. The zero-order valence-electron chi connectivity index (χ0n) is 43.8. The predicted molar refractivity (Wildman–Crippen MR) is 295 cm³/mol. The second kappa shape index (κ2) is 29.6. The summed E-state index contributed by atoms with van der Waals surface area (Å²) in [6, 6.07) is 22.0. The van der Waals surface area contributed by atoms with Crippen LogP contribution in [0.3, 0.4) is 0 Å². The molecule has 3 amide bonds. The molecule has 0 radical (unpaired) electrons. The third-order valence-electron chi connectivity index (χ3n) is 14.4. The van der Waals surface area contributed by atoms with Crippen LogP contribution in [0.2, 0.25) is 5.02 Å². The highest BCUT2D eigenvalue weighted by Gasteiger charge is 2.64. The van der Waals surface area contributed by atoms with E-state index in [1.807, 2.05) is 55.3 Å². The standard InChI is InChI=1S/C56H81ClIN7O7/c1-40(60-6)50(66)62-49(42-14-10-8-11-15-42)52(68)64(7)29-12-9-13-30-65(32-27-58)31-26-41-16-23-46(24-17-41)71-37-36-70-35-34-69-33-28-61-45-21-18-43(19-22-45)51(67)63-53-55(2,3)54(56(53,4)5)72-47-25-20-44(39-59)48(57)38-47/h16-25,38,40,42,49,53-54,60-61H,8-15,26-37H2,1-7H3,(H,62,66)(H,63,67)/t40-,49-,53?,54?/m0/s1. The van der Waals surface area contributed by atoms with Gasteiger partial charge in [0.15, 0.2) is 0 Å². The maximum Gasteiger partial charge on any atom is 0.251 e. The number of halogens is 2. The number of hydrogen-bond acceptors (Lipinski definition) is 11. The van der Waals surface area contributed by atoms with E-state index in [1.165, 1.54) is 12.0 Å². The number of carbonyl (C=O) groups is 3. The molecule has 2 saturated carbocycles. The molecule has 3 aromatic rings. The van der Waals surface area contributed by atoms with Crippen molar-refractivity contribution >= 4 is 57.6 Å². The van der Waals surface area contributed by atoms with E-state index in [0.717, 1.165) is 86.9 Å². The highest BCUT2D eigenvalue weighted by Crippen LogP contribution is 2.55. The molecule has 0 spiro atoms. The number of ether oxygens (including phenoxy) is 4. The van der Waals surface area contributed by atoms with Gasteiger partial charge in [0.2, 0.25) is 11.8 Å². The SMILES string of the molecule is CN[C@@H](C)C(=O)N[C@H](C(=O)N(C)CCCCCN(CCI)CCc1ccc(OCCOCCOCCNc2ccc(C(=O)NC3C(C)(C)C(Oc4ccc(C#N)c(Cl)c4)C3(C)C)cc2)cc1)C1CCCCC1. The molecule has 0 heterocycles. The second-order valence-corrected chi connectivity index (χ2v) is 22.0. The van der Waals surface area contributed by atoms with Crippen LogP contribution >= 0.6 is 34.2 Å². The summed E-state index contributed by atoms with van der Waals surface area (Å²) < 4.78 is 24.9. The van der Waals surface area contributed by atoms with E-state index < -0.39 is 6.04 Å². The summed E-state index contributed by atoms with van der Waals surface area (Å²) in [6.45, 7) is 16.9. The Morgan fingerprint density at radius 1 is 0.833 bits per heavy atom. The number of hydrogen-bond donors (Lipinski definition) is 4. The van der Waals surface area contributed by atoms with Crippen LogP contribution < -0.4 is 30.7 Å². The summed E-state index contributed by atoms with van der Waals surface area (Å²) in [6.07, 6.45) is 9.28. The molecule has 72 heavy (non-hydrogen) atoms. The first kappa shape index (κ1) is 58.7. The summed E-state index contributed by atoms with van der Waals surface area (Å²) in [7, 11) is 3.65. The quantitative estimate of drug-likeness (QED) is 0.0276. The van der Waals surface area contributed by atoms with Gasteiger partial charge < -0.3 is 50.0 Å². The lowest BCUT2D eigenvalue weighted by Gasteiger charge is -2.63. The van der Waals surface area contributed by atoms with Crippen LogP contribution in [0.15, 0.2) is 66.7 Å². The average Bonchev–Trinajstić information content (AvgIpc) is 3.38. The molecule has 2 atom stereocenters. The molecule has 0 bridgehead atoms. The van der Waals surface area contributed by atoms with E-state index in [-0.39, 0.29) is 52.7 Å². The lowest BCUT2D eigenvalue weighted by molar-refractivity contribution is -0.164. The molecular weight excluding hydrogens is 1050 g/mol. The summed E-state index contributed by atoms with van der Waals surface area (Å²) >= 11 is 8.70. The van der Waals surface area contributed by atoms with Gasteiger partial charge in [-0.3, -0.25) is 14.4 Å². The molecule has 5 rings (SSSR count). The van der Waals surface area contributed by atoms with Crippen LogP contribution in [0.4, 0.5) is 5.69 Å². The van der Waals surface area contributed by atoms with Crippen molar-refractivity contribution in [2.75, 3.05) is 89.6 Å². The number of nitrogens with zero attached hydrogens (tertiary/aromatic N) is 3. The van der Waals surface area contributed by atoms with Gasteiger partial charge >= 0.3 is 0 Å². The number of anilines is 1. The van der Waals surface area contributed by atoms with E-state index in [4.69, 9.17) is 30.5 Å². The lowest BCUT2D eigenvalue weighted by atomic mass is 9.49. The van der Waals surface area contributed by atoms with Gasteiger partial charge in [-0.15, -0.1) is 0 Å². The molecule has 0 saturated heterocycles. The minimum absolute atomic E-state index is 0.0414. The molecule has 2 aliphatic rings. The van der Waals surface area contributed by atoms with Crippen molar-refractivity contribution in [2.45, 2.75) is 117 Å². The molecule has 3 aromatic carbocycles. The Morgan fingerprint density at radius 2 is 1.49 bits per heavy atom. The predicted octanol–water partition coefficient (Wildman–Crippen LogP) is 8.93. The van der Waals surface area contributed by atoms with E-state index in [1.54, 1.807) is 25.2 Å². The van der Waals surface area contributed by atoms with E-state index in [2.05, 4.69) is 94.7 Å². The van der Waals surface area contributed by atoms with Gasteiger partial charge in [-0.25, -0.2) is 0 Å². The summed E-state index contributed by atoms with van der Waals surface area (Å²) in [5.74, 6) is 1.42. The van der Waals surface area contributed by atoms with Gasteiger partial charge in [0.1, 0.15) is 36.3 Å². The number of benzene rings is 3. The summed E-state index contributed by atoms with van der Waals surface area (Å²) in [5.41, 5.74) is 2.45. The van der Waals surface area contributed by atoms with Crippen molar-refractivity contribution in [1.82, 2.24) is 25.8 Å². The van der Waals surface area contributed by atoms with Gasteiger partial charge in [0.25, 0.3) is 5.91 Å². The molecule has 2 aliphatic carbocycles. The summed E-state index contributed by atoms with van der Waals surface area (Å²) in [4.78, 5) is 44.0. The smallest absolute Gasteiger partial charge is 0.251 e. The number of likely N-dealkylation sites (N-methyl/N-ethyl adjacent to an activating group) is 2. The number of carbonyl (C=O) groups excluding carboxylic acids is 3. The Morgan fingerprint density at radius 3 is 2.14 bits per heavy atom. The number of rotatable bonds is 31. The average molecular weight is 1130 g/mol. The van der Waals surface area contributed by atoms with Crippen LogP contribution in [0.1, 0.15) is 107 Å². The van der Waals surface area contributed by atoms with E-state index in [0.29, 0.717) is 68.0 Å².